The van der Waals surface area contributed by atoms with Crippen molar-refractivity contribution in [3.63, 3.8) is 0 Å². The van der Waals surface area contributed by atoms with Gasteiger partial charge in [-0.15, -0.1) is 0 Å². The summed E-state index contributed by atoms with van der Waals surface area (Å²) in [5, 5.41) is 11.8. The van der Waals surface area contributed by atoms with Gasteiger partial charge in [0, 0.05) is 0 Å². The molecule has 0 radical (unpaired) electrons. The third-order valence-corrected chi connectivity index (χ3v) is 2.18. The van der Waals surface area contributed by atoms with Crippen LogP contribution < -0.4 is 24.0 Å². The van der Waals surface area contributed by atoms with E-state index in [0.717, 1.165) is 0 Å². The van der Waals surface area contributed by atoms with E-state index in [1.54, 1.807) is 37.3 Å². The zero-order valence-electron chi connectivity index (χ0n) is 10.7. The second-order valence-corrected chi connectivity index (χ2v) is 3.37. The Labute approximate surface area is 118 Å². The fourth-order valence-corrected chi connectivity index (χ4v) is 1.26. The molecule has 0 amide bonds. The molecule has 0 aromatic heterocycles. The van der Waals surface area contributed by atoms with Gasteiger partial charge in [0.05, 0.1) is 6.61 Å². The van der Waals surface area contributed by atoms with Gasteiger partial charge >= 0.3 is 24.8 Å². The number of ether oxygens (including phenoxy) is 1. The number of Topliss-reactive ketones (excluding diaryl/α,β-unsaturated/α-hetero) is 1. The molecule has 0 aliphatic rings. The number of benzene rings is 1. The Kier molecular flexibility index (Phi) is 7.11. The van der Waals surface area contributed by atoms with Gasteiger partial charge in [-0.05, 0) is 25.0 Å². The summed E-state index contributed by atoms with van der Waals surface area (Å²) in [4.78, 5) is 22.7. The number of carbonyl (C=O) groups is 2. The zero-order valence-corrected chi connectivity index (χ0v) is 10.7. The van der Waals surface area contributed by atoms with Gasteiger partial charge in [-0.25, -0.2) is 4.79 Å². The molecule has 90 valence electrons. The van der Waals surface area contributed by atoms with Crippen LogP contribution in [0.25, 0.3) is 5.76 Å². The Morgan fingerprint density at radius 2 is 1.78 bits per heavy atom. The van der Waals surface area contributed by atoms with Gasteiger partial charge in [0.15, 0.2) is 0 Å². The van der Waals surface area contributed by atoms with Crippen LogP contribution in [0.15, 0.2) is 35.9 Å². The van der Waals surface area contributed by atoms with Crippen molar-refractivity contribution in [3.05, 3.63) is 41.5 Å². The number of esters is 1. The van der Waals surface area contributed by atoms with Gasteiger partial charge in [0.25, 0.3) is 5.78 Å². The van der Waals surface area contributed by atoms with Crippen molar-refractivity contribution in [3.8, 4) is 0 Å². The van der Waals surface area contributed by atoms with Crippen molar-refractivity contribution >= 4 is 17.5 Å². The fraction of sp³-hybridized carbons (Fsp3) is 0.231. The first kappa shape index (κ1) is 16.5. The summed E-state index contributed by atoms with van der Waals surface area (Å²) in [5.41, 5.74) is 0.247. The Morgan fingerprint density at radius 3 is 2.28 bits per heavy atom. The van der Waals surface area contributed by atoms with E-state index in [2.05, 4.69) is 4.74 Å². The molecule has 0 bridgehead atoms. The number of rotatable bonds is 4. The standard InChI is InChI=1S/C13H14O4.Li/c1-3-17-13(16)12(15)9(2)11(14)10-7-5-4-6-8-10;/h4-8,14H,3H2,1-2H3;/q;+1/p-1. The van der Waals surface area contributed by atoms with E-state index in [-0.39, 0.29) is 31.0 Å². The maximum atomic E-state index is 11.8. The van der Waals surface area contributed by atoms with Gasteiger partial charge in [-0.2, -0.15) is 0 Å². The van der Waals surface area contributed by atoms with E-state index in [4.69, 9.17) is 0 Å². The Balaban J connectivity index is 0.00000289. The van der Waals surface area contributed by atoms with Crippen LogP contribution in [-0.2, 0) is 14.3 Å². The van der Waals surface area contributed by atoms with Crippen molar-refractivity contribution < 1.29 is 38.3 Å². The summed E-state index contributed by atoms with van der Waals surface area (Å²) in [6.07, 6.45) is 0. The van der Waals surface area contributed by atoms with Gasteiger partial charge in [0.2, 0.25) is 0 Å². The molecule has 0 saturated heterocycles. The van der Waals surface area contributed by atoms with E-state index in [1.165, 1.54) is 6.92 Å². The quantitative estimate of drug-likeness (QED) is 0.199. The first-order valence-electron chi connectivity index (χ1n) is 5.22. The second kappa shape index (κ2) is 7.75. The number of carbonyl (C=O) groups excluding carboxylic acids is 2. The summed E-state index contributed by atoms with van der Waals surface area (Å²) in [5.74, 6) is -2.33. The van der Waals surface area contributed by atoms with E-state index >= 15 is 0 Å². The minimum Gasteiger partial charge on any atom is -0.872 e. The molecule has 0 fully saturated rings. The largest absolute Gasteiger partial charge is 1.00 e. The molecule has 0 atom stereocenters. The monoisotopic (exact) mass is 240 g/mol. The van der Waals surface area contributed by atoms with Crippen molar-refractivity contribution in [2.45, 2.75) is 13.8 Å². The molecule has 1 aromatic carbocycles. The van der Waals surface area contributed by atoms with Gasteiger partial charge in [-0.3, -0.25) is 4.79 Å². The zero-order chi connectivity index (χ0) is 12.8. The molecule has 0 aliphatic carbocycles. The maximum absolute atomic E-state index is 11.8. The van der Waals surface area contributed by atoms with Gasteiger partial charge in [0.1, 0.15) is 0 Å². The topological polar surface area (TPSA) is 66.4 Å². The fourth-order valence-electron chi connectivity index (χ4n) is 1.26. The SMILES string of the molecule is CCOC(=O)C(=O)C(C)=C([O-])c1ccccc1.[Li+]. The molecule has 0 unspecified atom stereocenters. The van der Waals surface area contributed by atoms with Crippen molar-refractivity contribution in [2.24, 2.45) is 0 Å². The first-order chi connectivity index (χ1) is 8.07. The van der Waals surface area contributed by atoms with E-state index in [1.807, 2.05) is 0 Å². The van der Waals surface area contributed by atoms with E-state index in [9.17, 15) is 14.7 Å². The molecule has 0 spiro atoms. The van der Waals surface area contributed by atoms with Gasteiger partial charge in [-0.1, -0.05) is 36.1 Å². The summed E-state index contributed by atoms with van der Waals surface area (Å²) >= 11 is 0. The number of ketones is 1. The molecule has 1 aromatic rings. The van der Waals surface area contributed by atoms with Crippen LogP contribution >= 0.6 is 0 Å². The average molecular weight is 240 g/mol. The maximum Gasteiger partial charge on any atom is 1.00 e. The van der Waals surface area contributed by atoms with Crippen LogP contribution in [0.5, 0.6) is 0 Å². The molecule has 1 rings (SSSR count). The molecule has 0 N–H and O–H groups in total. The molecular formula is C13H13LiO4. The average Bonchev–Trinajstić information content (AvgIpc) is 2.37. The van der Waals surface area contributed by atoms with E-state index < -0.39 is 17.5 Å². The second-order valence-electron chi connectivity index (χ2n) is 3.37. The number of hydrogen-bond donors (Lipinski definition) is 0. The molecule has 0 heterocycles. The van der Waals surface area contributed by atoms with Crippen molar-refractivity contribution in [1.29, 1.82) is 0 Å². The summed E-state index contributed by atoms with van der Waals surface area (Å²) < 4.78 is 4.55. The van der Waals surface area contributed by atoms with Crippen LogP contribution in [0.3, 0.4) is 0 Å². The predicted octanol–water partition coefficient (Wildman–Crippen LogP) is -2.09. The van der Waals surface area contributed by atoms with Crippen molar-refractivity contribution in [1.82, 2.24) is 0 Å². The van der Waals surface area contributed by atoms with Crippen LogP contribution in [0.2, 0.25) is 0 Å². The normalized spacial score (nSPS) is 11.0. The molecule has 5 heteroatoms. The Hall–Kier alpha value is -1.50. The minimum atomic E-state index is -0.991. The Bertz CT molecular complexity index is 451. The smallest absolute Gasteiger partial charge is 0.872 e. The summed E-state index contributed by atoms with van der Waals surface area (Å²) in [6.45, 7) is 3.03. The Morgan fingerprint density at radius 1 is 1.22 bits per heavy atom. The number of hydrogen-bond acceptors (Lipinski definition) is 4. The third-order valence-electron chi connectivity index (χ3n) is 2.18. The molecular weight excluding hydrogens is 227 g/mol. The molecule has 0 aliphatic heterocycles. The molecule has 0 saturated carbocycles. The minimum absolute atomic E-state index is 0. The summed E-state index contributed by atoms with van der Waals surface area (Å²) in [7, 11) is 0. The van der Waals surface area contributed by atoms with Crippen LogP contribution in [0.4, 0.5) is 0 Å². The summed E-state index contributed by atoms with van der Waals surface area (Å²) in [6, 6.07) is 8.32. The third kappa shape index (κ3) is 4.06. The van der Waals surface area contributed by atoms with Crippen LogP contribution in [-0.4, -0.2) is 18.4 Å². The molecule has 4 nitrogen and oxygen atoms in total. The van der Waals surface area contributed by atoms with Crippen LogP contribution in [0, 0.1) is 0 Å². The van der Waals surface area contributed by atoms with Crippen molar-refractivity contribution in [2.75, 3.05) is 6.61 Å². The van der Waals surface area contributed by atoms with E-state index in [0.29, 0.717) is 5.56 Å². The van der Waals surface area contributed by atoms with Gasteiger partial charge < -0.3 is 9.84 Å². The predicted molar refractivity (Wildman–Crippen MR) is 60.7 cm³/mol. The molecule has 18 heavy (non-hydrogen) atoms. The first-order valence-corrected chi connectivity index (χ1v) is 5.22. The van der Waals surface area contributed by atoms with Crippen LogP contribution in [0.1, 0.15) is 19.4 Å².